The minimum absolute atomic E-state index is 0.117. The van der Waals surface area contributed by atoms with Crippen LogP contribution in [-0.4, -0.2) is 58.2 Å². The number of amides is 1. The van der Waals surface area contributed by atoms with E-state index in [4.69, 9.17) is 9.47 Å². The number of hydrogen-bond donors (Lipinski definition) is 2. The van der Waals surface area contributed by atoms with Crippen molar-refractivity contribution in [3.05, 3.63) is 66.1 Å². The molecule has 4 heterocycles. The van der Waals surface area contributed by atoms with Crippen LogP contribution in [0.1, 0.15) is 28.9 Å². The molecule has 1 saturated heterocycles. The number of piperidine rings is 1. The smallest absolute Gasteiger partial charge is 0.276 e. The topological polar surface area (TPSA) is 92.4 Å². The van der Waals surface area contributed by atoms with Gasteiger partial charge in [0.25, 0.3) is 11.8 Å². The molecule has 0 aliphatic carbocycles. The van der Waals surface area contributed by atoms with Gasteiger partial charge in [-0.05, 0) is 41.5 Å². The molecule has 2 N–H and O–H groups in total. The Hall–Kier alpha value is -4.05. The van der Waals surface area contributed by atoms with Crippen LogP contribution in [0.2, 0.25) is 0 Å². The van der Waals surface area contributed by atoms with Crippen molar-refractivity contribution < 1.29 is 23.0 Å². The lowest BCUT2D eigenvalue weighted by Crippen LogP contribution is -2.38. The molecule has 4 aromatic rings. The molecular formula is C27H25F2N5O3. The molecule has 2 aliphatic rings. The fraction of sp³-hybridized carbons (Fsp3) is 0.296. The van der Waals surface area contributed by atoms with Gasteiger partial charge in [0.15, 0.2) is 17.2 Å². The third-order valence-corrected chi connectivity index (χ3v) is 6.70. The fourth-order valence-electron chi connectivity index (χ4n) is 4.71. The molecule has 2 aromatic carbocycles. The maximum atomic E-state index is 13.5. The van der Waals surface area contributed by atoms with Crippen molar-refractivity contribution in [2.24, 2.45) is 0 Å². The first-order valence-corrected chi connectivity index (χ1v) is 12.2. The number of likely N-dealkylation sites (tertiary alicyclic amines) is 1. The number of pyridine rings is 1. The van der Waals surface area contributed by atoms with E-state index in [-0.39, 0.29) is 24.4 Å². The minimum Gasteiger partial charge on any atom is -0.486 e. The normalized spacial score (nSPS) is 17.0. The second-order valence-corrected chi connectivity index (χ2v) is 9.36. The number of anilines is 1. The highest BCUT2D eigenvalue weighted by Gasteiger charge is 2.33. The zero-order valence-corrected chi connectivity index (χ0v) is 20.0. The molecule has 0 atom stereocenters. The molecule has 10 heteroatoms. The van der Waals surface area contributed by atoms with Crippen LogP contribution in [0.5, 0.6) is 11.5 Å². The standard InChI is InChI=1S/C27H25F2N5O3/c28-27(29)5-7-34(8-6-27)16-17-11-19(15-30-14-17)18-1-3-22-21(12-18)25(33-32-22)26(35)31-20-2-4-23-24(13-20)37-10-9-36-23/h1-4,11-15H,5-10,16H2,(H,31,35)(H,32,33). The highest BCUT2D eigenvalue weighted by atomic mass is 19.3. The van der Waals surface area contributed by atoms with E-state index >= 15 is 0 Å². The number of rotatable bonds is 5. The van der Waals surface area contributed by atoms with Crippen LogP contribution in [0.25, 0.3) is 22.0 Å². The number of aromatic nitrogens is 3. The van der Waals surface area contributed by atoms with Gasteiger partial charge in [-0.15, -0.1) is 0 Å². The third kappa shape index (κ3) is 4.97. The molecule has 2 aliphatic heterocycles. The van der Waals surface area contributed by atoms with Crippen LogP contribution < -0.4 is 14.8 Å². The maximum absolute atomic E-state index is 13.5. The Balaban J connectivity index is 1.21. The van der Waals surface area contributed by atoms with E-state index in [2.05, 4.69) is 20.5 Å². The number of nitrogens with one attached hydrogen (secondary N) is 2. The van der Waals surface area contributed by atoms with Gasteiger partial charge in [-0.1, -0.05) is 6.07 Å². The summed E-state index contributed by atoms with van der Waals surface area (Å²) in [5, 5.41) is 10.7. The molecule has 8 nitrogen and oxygen atoms in total. The molecule has 6 rings (SSSR count). The summed E-state index contributed by atoms with van der Waals surface area (Å²) in [4.78, 5) is 19.5. The number of aromatic amines is 1. The predicted molar refractivity (Wildman–Crippen MR) is 134 cm³/mol. The number of halogens is 2. The van der Waals surface area contributed by atoms with Gasteiger partial charge in [-0.3, -0.25) is 19.8 Å². The monoisotopic (exact) mass is 505 g/mol. The fourth-order valence-corrected chi connectivity index (χ4v) is 4.71. The summed E-state index contributed by atoms with van der Waals surface area (Å²) in [6, 6.07) is 13.0. The number of ether oxygens (including phenoxy) is 2. The van der Waals surface area contributed by atoms with E-state index in [0.717, 1.165) is 22.2 Å². The molecule has 0 radical (unpaired) electrons. The number of H-pyrrole nitrogens is 1. The van der Waals surface area contributed by atoms with E-state index in [0.29, 0.717) is 55.4 Å². The highest BCUT2D eigenvalue weighted by Crippen LogP contribution is 2.33. The number of fused-ring (bicyclic) bond motifs is 2. The van der Waals surface area contributed by atoms with Crippen LogP contribution in [-0.2, 0) is 6.54 Å². The molecular weight excluding hydrogens is 480 g/mol. The zero-order chi connectivity index (χ0) is 25.4. The van der Waals surface area contributed by atoms with Gasteiger partial charge in [0.1, 0.15) is 13.2 Å². The van der Waals surface area contributed by atoms with Crippen molar-refractivity contribution in [1.29, 1.82) is 0 Å². The summed E-state index contributed by atoms with van der Waals surface area (Å²) in [6.07, 6.45) is 3.28. The summed E-state index contributed by atoms with van der Waals surface area (Å²) in [7, 11) is 0. The summed E-state index contributed by atoms with van der Waals surface area (Å²) in [5.41, 5.74) is 4.28. The lowest BCUT2D eigenvalue weighted by atomic mass is 10.0. The zero-order valence-electron chi connectivity index (χ0n) is 20.0. The molecule has 190 valence electrons. The Morgan fingerprint density at radius 1 is 1.00 bits per heavy atom. The molecule has 0 unspecified atom stereocenters. The van der Waals surface area contributed by atoms with E-state index in [1.807, 2.05) is 29.2 Å². The molecule has 0 bridgehead atoms. The van der Waals surface area contributed by atoms with E-state index in [9.17, 15) is 13.6 Å². The van der Waals surface area contributed by atoms with Crippen LogP contribution in [0.3, 0.4) is 0 Å². The maximum Gasteiger partial charge on any atom is 0.276 e. The molecule has 1 amide bonds. The van der Waals surface area contributed by atoms with Gasteiger partial charge >= 0.3 is 0 Å². The highest BCUT2D eigenvalue weighted by molar-refractivity contribution is 6.11. The van der Waals surface area contributed by atoms with E-state index in [1.54, 1.807) is 30.6 Å². The minimum atomic E-state index is -2.57. The molecule has 0 spiro atoms. The first kappa shape index (κ1) is 23.4. The van der Waals surface area contributed by atoms with Gasteiger partial charge in [0.05, 0.1) is 5.52 Å². The van der Waals surface area contributed by atoms with Crippen molar-refractivity contribution in [2.75, 3.05) is 31.6 Å². The summed E-state index contributed by atoms with van der Waals surface area (Å²) in [6.45, 7) is 2.24. The summed E-state index contributed by atoms with van der Waals surface area (Å²) < 4.78 is 38.1. The number of hydrogen-bond acceptors (Lipinski definition) is 6. The van der Waals surface area contributed by atoms with Crippen molar-refractivity contribution in [3.8, 4) is 22.6 Å². The van der Waals surface area contributed by atoms with Crippen LogP contribution in [0.15, 0.2) is 54.9 Å². The van der Waals surface area contributed by atoms with Crippen LogP contribution >= 0.6 is 0 Å². The van der Waals surface area contributed by atoms with Crippen LogP contribution in [0.4, 0.5) is 14.5 Å². The van der Waals surface area contributed by atoms with Crippen molar-refractivity contribution in [1.82, 2.24) is 20.1 Å². The Labute approximate surface area is 211 Å². The SMILES string of the molecule is O=C(Nc1ccc2c(c1)OCCO2)c1n[nH]c2ccc(-c3cncc(CN4CCC(F)(F)CC4)c3)cc12. The Kier molecular flexibility index (Phi) is 5.96. The lowest BCUT2D eigenvalue weighted by Gasteiger charge is -2.31. The molecule has 0 saturated carbocycles. The van der Waals surface area contributed by atoms with E-state index < -0.39 is 5.92 Å². The largest absolute Gasteiger partial charge is 0.486 e. The quantitative estimate of drug-likeness (QED) is 0.402. The Bertz CT molecular complexity index is 1460. The first-order chi connectivity index (χ1) is 17.9. The molecule has 2 aromatic heterocycles. The van der Waals surface area contributed by atoms with Crippen molar-refractivity contribution in [3.63, 3.8) is 0 Å². The molecule has 1 fully saturated rings. The number of carbonyl (C=O) groups is 1. The number of benzene rings is 2. The predicted octanol–water partition coefficient (Wildman–Crippen LogP) is 4.88. The first-order valence-electron chi connectivity index (χ1n) is 12.2. The third-order valence-electron chi connectivity index (χ3n) is 6.70. The average molecular weight is 506 g/mol. The average Bonchev–Trinajstić information content (AvgIpc) is 3.34. The Morgan fingerprint density at radius 2 is 1.81 bits per heavy atom. The Morgan fingerprint density at radius 3 is 2.65 bits per heavy atom. The number of carbonyl (C=O) groups excluding carboxylic acids is 1. The number of nitrogens with zero attached hydrogens (tertiary/aromatic N) is 3. The van der Waals surface area contributed by atoms with Gasteiger partial charge in [0.2, 0.25) is 0 Å². The second kappa shape index (κ2) is 9.44. The van der Waals surface area contributed by atoms with Crippen molar-refractivity contribution in [2.45, 2.75) is 25.3 Å². The van der Waals surface area contributed by atoms with Crippen LogP contribution in [0, 0.1) is 0 Å². The summed E-state index contributed by atoms with van der Waals surface area (Å²) in [5.74, 6) is -1.69. The van der Waals surface area contributed by atoms with E-state index in [1.165, 1.54) is 0 Å². The van der Waals surface area contributed by atoms with Gasteiger partial charge in [-0.2, -0.15) is 5.10 Å². The van der Waals surface area contributed by atoms with Crippen molar-refractivity contribution >= 4 is 22.5 Å². The second-order valence-electron chi connectivity index (χ2n) is 9.36. The number of alkyl halides is 2. The van der Waals surface area contributed by atoms with Gasteiger partial charge in [0, 0.05) is 67.6 Å². The van der Waals surface area contributed by atoms with Gasteiger partial charge < -0.3 is 14.8 Å². The summed E-state index contributed by atoms with van der Waals surface area (Å²) >= 11 is 0. The lowest BCUT2D eigenvalue weighted by molar-refractivity contribution is -0.0566. The molecule has 37 heavy (non-hydrogen) atoms. The van der Waals surface area contributed by atoms with Gasteiger partial charge in [-0.25, -0.2) is 8.78 Å².